The van der Waals surface area contributed by atoms with Crippen molar-refractivity contribution in [2.24, 2.45) is 0 Å². The van der Waals surface area contributed by atoms with E-state index in [1.54, 1.807) is 0 Å². The fraction of sp³-hybridized carbons (Fsp3) is 0.167. The van der Waals surface area contributed by atoms with Crippen molar-refractivity contribution in [2.75, 3.05) is 0 Å². The van der Waals surface area contributed by atoms with Crippen LogP contribution in [0, 0.1) is 0 Å². The van der Waals surface area contributed by atoms with Gasteiger partial charge >= 0.3 is 0 Å². The summed E-state index contributed by atoms with van der Waals surface area (Å²) in [6.07, 6.45) is 12.9. The van der Waals surface area contributed by atoms with Crippen LogP contribution in [-0.2, 0) is 0 Å². The zero-order valence-corrected chi connectivity index (χ0v) is 18.0. The predicted octanol–water partition coefficient (Wildman–Crippen LogP) is 7.04. The van der Waals surface area contributed by atoms with E-state index in [1.807, 2.05) is 12.1 Å². The van der Waals surface area contributed by atoms with Crippen LogP contribution < -0.4 is 0 Å². The molecule has 0 N–H and O–H groups in total. The monoisotopic (exact) mass is 408 g/mol. The summed E-state index contributed by atoms with van der Waals surface area (Å²) in [5.41, 5.74) is 4.71. The van der Waals surface area contributed by atoms with Crippen LogP contribution in [0.3, 0.4) is 0 Å². The van der Waals surface area contributed by atoms with E-state index in [2.05, 4.69) is 98.1 Å². The van der Waals surface area contributed by atoms with E-state index in [1.165, 1.54) is 22.3 Å². The number of alkyl halides is 2. The fourth-order valence-electron chi connectivity index (χ4n) is 3.76. The first-order valence-electron chi connectivity index (χ1n) is 9.18. The lowest BCUT2D eigenvalue weighted by atomic mass is 10.1. The van der Waals surface area contributed by atoms with Gasteiger partial charge in [0.2, 0.25) is 0 Å². The van der Waals surface area contributed by atoms with Gasteiger partial charge in [0, 0.05) is 0 Å². The van der Waals surface area contributed by atoms with Crippen LogP contribution in [0.5, 0.6) is 0 Å². The minimum absolute atomic E-state index is 0.535. The Hall–Kier alpha value is -1.80. The van der Waals surface area contributed by atoms with E-state index >= 15 is 0 Å². The second-order valence-electron chi connectivity index (χ2n) is 7.76. The molecule has 0 nitrogen and oxygen atoms in total. The minimum Gasteiger partial charge on any atom is -0.114 e. The Morgan fingerprint density at radius 2 is 1.00 bits per heavy atom. The molecule has 0 fully saturated rings. The SMILES string of the molecule is C[Si](C)(C1(Cl)C=CC(c2ccccc2)=C1)C1(Cl)C=CC(c2ccccc2)=C1. The van der Waals surface area contributed by atoms with Gasteiger partial charge in [-0.3, -0.25) is 0 Å². The van der Waals surface area contributed by atoms with Crippen molar-refractivity contribution in [1.29, 1.82) is 0 Å². The third kappa shape index (κ3) is 3.08. The third-order valence-corrected chi connectivity index (χ3v) is 13.6. The molecule has 0 amide bonds. The molecule has 2 aromatic rings. The summed E-state index contributed by atoms with van der Waals surface area (Å²) in [4.78, 5) is 0. The molecule has 2 aliphatic carbocycles. The van der Waals surface area contributed by atoms with Crippen molar-refractivity contribution in [3.63, 3.8) is 0 Å². The van der Waals surface area contributed by atoms with Gasteiger partial charge in [0.15, 0.2) is 0 Å². The standard InChI is InChI=1S/C24H22Cl2Si/c1-27(2,23(25)15-13-21(17-23)19-9-5-3-6-10-19)24(26)16-14-22(18-24)20-11-7-4-8-12-20/h3-18H,1-2H3. The lowest BCUT2D eigenvalue weighted by Crippen LogP contribution is -2.60. The van der Waals surface area contributed by atoms with Crippen LogP contribution in [0.15, 0.2) is 97.1 Å². The van der Waals surface area contributed by atoms with Crippen molar-refractivity contribution in [1.82, 2.24) is 0 Å². The largest absolute Gasteiger partial charge is 0.115 e. The maximum Gasteiger partial charge on any atom is 0.115 e. The first-order chi connectivity index (χ1) is 12.8. The molecule has 0 aliphatic heterocycles. The molecule has 2 unspecified atom stereocenters. The van der Waals surface area contributed by atoms with E-state index in [4.69, 9.17) is 23.2 Å². The van der Waals surface area contributed by atoms with E-state index in [9.17, 15) is 0 Å². The molecule has 2 aliphatic rings. The molecule has 0 radical (unpaired) electrons. The third-order valence-electron chi connectivity index (χ3n) is 5.87. The molecule has 0 spiro atoms. The van der Waals surface area contributed by atoms with Gasteiger partial charge in [-0.05, 0) is 22.3 Å². The molecule has 2 aromatic carbocycles. The zero-order valence-electron chi connectivity index (χ0n) is 15.5. The number of benzene rings is 2. The van der Waals surface area contributed by atoms with E-state index < -0.39 is 17.1 Å². The topological polar surface area (TPSA) is 0 Å². The number of allylic oxidation sites excluding steroid dienone is 8. The first-order valence-corrected chi connectivity index (χ1v) is 12.9. The number of hydrogen-bond donors (Lipinski definition) is 0. The van der Waals surface area contributed by atoms with Crippen molar-refractivity contribution < 1.29 is 0 Å². The van der Waals surface area contributed by atoms with Gasteiger partial charge in [-0.2, -0.15) is 0 Å². The Kier molecular flexibility index (Phi) is 4.58. The van der Waals surface area contributed by atoms with Gasteiger partial charge in [0.25, 0.3) is 0 Å². The van der Waals surface area contributed by atoms with Gasteiger partial charge in [-0.15, -0.1) is 23.2 Å². The Labute approximate surface area is 172 Å². The average molecular weight is 409 g/mol. The molecule has 136 valence electrons. The normalized spacial score (nSPS) is 27.0. The molecule has 0 bridgehead atoms. The second-order valence-corrected chi connectivity index (χ2v) is 14.5. The molecule has 0 saturated heterocycles. The van der Waals surface area contributed by atoms with Crippen LogP contribution >= 0.6 is 23.2 Å². The van der Waals surface area contributed by atoms with Gasteiger partial charge in [0.05, 0.1) is 8.99 Å². The smallest absolute Gasteiger partial charge is 0.114 e. The van der Waals surface area contributed by atoms with Crippen molar-refractivity contribution in [2.45, 2.75) is 22.1 Å². The zero-order chi connectivity index (χ0) is 19.1. The molecule has 27 heavy (non-hydrogen) atoms. The van der Waals surface area contributed by atoms with E-state index in [0.29, 0.717) is 0 Å². The number of halogens is 2. The summed E-state index contributed by atoms with van der Waals surface area (Å²) in [5, 5.41) is 0. The van der Waals surface area contributed by atoms with Crippen LogP contribution in [0.4, 0.5) is 0 Å². The van der Waals surface area contributed by atoms with Crippen molar-refractivity contribution >= 4 is 42.4 Å². The van der Waals surface area contributed by atoms with E-state index in [0.717, 1.165) is 0 Å². The van der Waals surface area contributed by atoms with Crippen LogP contribution in [0.1, 0.15) is 11.1 Å². The highest BCUT2D eigenvalue weighted by Gasteiger charge is 2.56. The molecule has 3 heteroatoms. The quantitative estimate of drug-likeness (QED) is 0.375. The van der Waals surface area contributed by atoms with Gasteiger partial charge in [-0.1, -0.05) is 110 Å². The highest BCUT2D eigenvalue weighted by Crippen LogP contribution is 2.50. The maximum absolute atomic E-state index is 7.22. The lowest BCUT2D eigenvalue weighted by molar-refractivity contribution is 1.07. The molecule has 4 rings (SSSR count). The van der Waals surface area contributed by atoms with Crippen LogP contribution in [0.25, 0.3) is 11.1 Å². The van der Waals surface area contributed by atoms with E-state index in [-0.39, 0.29) is 0 Å². The Bertz CT molecular complexity index is 890. The minimum atomic E-state index is -2.23. The molecular weight excluding hydrogens is 387 g/mol. The first kappa shape index (κ1) is 18.6. The van der Waals surface area contributed by atoms with Gasteiger partial charge in [0.1, 0.15) is 8.07 Å². The Morgan fingerprint density at radius 3 is 1.37 bits per heavy atom. The summed E-state index contributed by atoms with van der Waals surface area (Å²) in [7, 11) is -2.23. The summed E-state index contributed by atoms with van der Waals surface area (Å²) < 4.78 is -1.07. The summed E-state index contributed by atoms with van der Waals surface area (Å²) in [6, 6.07) is 20.7. The Morgan fingerprint density at radius 1 is 0.630 bits per heavy atom. The average Bonchev–Trinajstić information content (AvgIpc) is 3.29. The van der Waals surface area contributed by atoms with Crippen molar-refractivity contribution in [3.8, 4) is 0 Å². The Balaban J connectivity index is 1.70. The summed E-state index contributed by atoms with van der Waals surface area (Å²) in [5.74, 6) is 0. The lowest BCUT2D eigenvalue weighted by Gasteiger charge is -2.43. The van der Waals surface area contributed by atoms with Crippen LogP contribution in [-0.4, -0.2) is 17.1 Å². The second kappa shape index (κ2) is 6.67. The van der Waals surface area contributed by atoms with Gasteiger partial charge in [-0.25, -0.2) is 0 Å². The predicted molar refractivity (Wildman–Crippen MR) is 122 cm³/mol. The maximum atomic E-state index is 7.22. The molecule has 0 aromatic heterocycles. The summed E-state index contributed by atoms with van der Waals surface area (Å²) in [6.45, 7) is 4.55. The molecule has 2 atom stereocenters. The van der Waals surface area contributed by atoms with Crippen LogP contribution in [0.2, 0.25) is 13.1 Å². The highest BCUT2D eigenvalue weighted by molar-refractivity contribution is 6.97. The number of rotatable bonds is 4. The molecular formula is C24H22Cl2Si. The van der Waals surface area contributed by atoms with Crippen molar-refractivity contribution in [3.05, 3.63) is 108 Å². The van der Waals surface area contributed by atoms with Gasteiger partial charge < -0.3 is 0 Å². The number of hydrogen-bond acceptors (Lipinski definition) is 0. The molecule has 0 saturated carbocycles. The highest BCUT2D eigenvalue weighted by atomic mass is 35.5. The molecule has 0 heterocycles. The fourth-order valence-corrected chi connectivity index (χ4v) is 7.82. The summed E-state index contributed by atoms with van der Waals surface area (Å²) >= 11 is 14.4.